The molecule has 0 spiro atoms. The van der Waals surface area contributed by atoms with E-state index in [9.17, 15) is 0 Å². The summed E-state index contributed by atoms with van der Waals surface area (Å²) in [5, 5.41) is 8.25. The molecular formula is H10BNaO7. The second kappa shape index (κ2) is 220. The Balaban J connectivity index is -0.00000000133. The first-order chi connectivity index (χ1) is 1.41. The van der Waals surface area contributed by atoms with Gasteiger partial charge in [0.05, 0.1) is 0 Å². The smallest absolute Gasteiger partial charge is 1.00 e. The van der Waals surface area contributed by atoms with Crippen molar-refractivity contribution in [2.24, 2.45) is 0 Å². The zero-order valence-corrected chi connectivity index (χ0v) is 6.89. The van der Waals surface area contributed by atoms with E-state index in [0.29, 0.717) is 0 Å². The van der Waals surface area contributed by atoms with Crippen LogP contribution in [-0.2, 0) is 4.70 Å². The van der Waals surface area contributed by atoms with Gasteiger partial charge in [-0.25, -0.2) is 0 Å². The summed E-state index contributed by atoms with van der Waals surface area (Å²) in [5.74, 6) is 0. The van der Waals surface area contributed by atoms with Crippen LogP contribution in [0.15, 0.2) is 0 Å². The molecule has 0 atom stereocenters. The van der Waals surface area contributed by atoms with Gasteiger partial charge < -0.3 is 27.4 Å². The fourth-order valence-electron chi connectivity index (χ4n) is 0. The molecule has 0 radical (unpaired) electrons. The van der Waals surface area contributed by atoms with Crippen molar-refractivity contribution in [1.29, 1.82) is 0 Å². The number of rotatable bonds is 0. The molecule has 0 saturated heterocycles. The number of hydrogen-bond donors (Lipinski definition) is 0. The molecule has 0 aliphatic heterocycles. The van der Waals surface area contributed by atoms with E-state index in [1.807, 2.05) is 0 Å². The Hall–Kier alpha value is 0.465. The SMILES string of the molecule is O.O.O.O.O.O=B[O-].[Na+]. The van der Waals surface area contributed by atoms with E-state index in [0.717, 1.165) is 0 Å². The fourth-order valence-corrected chi connectivity index (χ4v) is 0. The molecule has 0 aliphatic carbocycles. The summed E-state index contributed by atoms with van der Waals surface area (Å²) in [6.07, 6.45) is 0. The van der Waals surface area contributed by atoms with Gasteiger partial charge in [0.15, 0.2) is 0 Å². The van der Waals surface area contributed by atoms with Gasteiger partial charge in [-0.3, -0.25) is 0 Å². The van der Waals surface area contributed by atoms with Crippen LogP contribution in [0.5, 0.6) is 0 Å². The molecule has 0 fully saturated rings. The molecule has 0 rings (SSSR count). The van der Waals surface area contributed by atoms with E-state index in [1.54, 1.807) is 0 Å². The van der Waals surface area contributed by atoms with E-state index in [1.165, 1.54) is 0 Å². The number of hydrogen-bond acceptors (Lipinski definition) is 2. The predicted molar refractivity (Wildman–Crippen MR) is 24.5 cm³/mol. The van der Waals surface area contributed by atoms with Gasteiger partial charge in [0.25, 0.3) is 0 Å². The third-order valence-corrected chi connectivity index (χ3v) is 0. The molecule has 9 heavy (non-hydrogen) atoms. The summed E-state index contributed by atoms with van der Waals surface area (Å²) in [6, 6.07) is 0. The standard InChI is InChI=1S/BO2.Na.5H2O/c2-1-3;;;;;;/h;;5*1H2/q-1;+1;;;;;. The van der Waals surface area contributed by atoms with Gasteiger partial charge in [0.1, 0.15) is 0 Å². The second-order valence-corrected chi connectivity index (χ2v) is 0.0962. The van der Waals surface area contributed by atoms with Crippen molar-refractivity contribution in [2.75, 3.05) is 0 Å². The molecule has 0 unspecified atom stereocenters. The topological polar surface area (TPSA) is 198 Å². The fraction of sp³-hybridized carbons (Fsp3) is 0. The predicted octanol–water partition coefficient (Wildman–Crippen LogP) is -8.81. The molecule has 0 aliphatic rings. The van der Waals surface area contributed by atoms with E-state index in [-0.39, 0.29) is 56.9 Å². The monoisotopic (exact) mass is 156 g/mol. The van der Waals surface area contributed by atoms with Gasteiger partial charge in [-0.05, 0) is 0 Å². The van der Waals surface area contributed by atoms with Gasteiger partial charge in [0.2, 0.25) is 0 Å². The quantitative estimate of drug-likeness (QED) is 0.313. The minimum absolute atomic E-state index is 0. The van der Waals surface area contributed by atoms with Crippen molar-refractivity contribution in [3.05, 3.63) is 0 Å². The van der Waals surface area contributed by atoms with Crippen molar-refractivity contribution in [3.63, 3.8) is 0 Å². The van der Waals surface area contributed by atoms with Crippen LogP contribution in [0.2, 0.25) is 0 Å². The van der Waals surface area contributed by atoms with Crippen molar-refractivity contribution in [3.8, 4) is 0 Å². The van der Waals surface area contributed by atoms with Gasteiger partial charge in [-0.2, -0.15) is 0 Å². The molecule has 0 aromatic rings. The Bertz CT molecular complexity index is 16.4. The van der Waals surface area contributed by atoms with Crippen molar-refractivity contribution < 1.29 is 66.7 Å². The van der Waals surface area contributed by atoms with Crippen LogP contribution >= 0.6 is 0 Å². The zero-order valence-electron chi connectivity index (χ0n) is 4.89. The minimum Gasteiger partial charge on any atom is 1.00 e. The molecule has 0 aromatic carbocycles. The molecule has 0 heterocycles. The summed E-state index contributed by atoms with van der Waals surface area (Å²) < 4.78 is 8.25. The third kappa shape index (κ3) is 1640. The third-order valence-electron chi connectivity index (χ3n) is 0. The summed E-state index contributed by atoms with van der Waals surface area (Å²) in [5.41, 5.74) is 0. The van der Waals surface area contributed by atoms with Crippen LogP contribution in [0.25, 0.3) is 0 Å². The first-order valence-corrected chi connectivity index (χ1v) is 0.471. The van der Waals surface area contributed by atoms with Crippen LogP contribution in [0.3, 0.4) is 0 Å². The summed E-state index contributed by atoms with van der Waals surface area (Å²) in [6.45, 7) is 0. The largest absolute Gasteiger partial charge is 1.00 e. The first-order valence-electron chi connectivity index (χ1n) is 0.471. The van der Waals surface area contributed by atoms with Crippen LogP contribution in [0.1, 0.15) is 0 Å². The van der Waals surface area contributed by atoms with E-state index < -0.39 is 7.35 Å². The van der Waals surface area contributed by atoms with E-state index in [4.69, 9.17) is 9.73 Å². The molecular weight excluding hydrogens is 146 g/mol. The Labute approximate surface area is 74.2 Å². The average molecular weight is 156 g/mol. The van der Waals surface area contributed by atoms with Crippen LogP contribution in [-0.4, -0.2) is 34.7 Å². The minimum atomic E-state index is -0.500. The molecule has 10 N–H and O–H groups in total. The van der Waals surface area contributed by atoms with Crippen molar-refractivity contribution >= 4 is 7.35 Å². The molecule has 9 heteroatoms. The van der Waals surface area contributed by atoms with Crippen LogP contribution < -0.4 is 34.6 Å². The molecule has 0 bridgehead atoms. The molecule has 0 saturated carbocycles. The Morgan fingerprint density at radius 3 is 0.889 bits per heavy atom. The average Bonchev–Trinajstić information content (AvgIpc) is 0.918. The molecule has 0 aromatic heterocycles. The van der Waals surface area contributed by atoms with E-state index >= 15 is 0 Å². The normalized spacial score (nSPS) is 0.889. The van der Waals surface area contributed by atoms with E-state index in [2.05, 4.69) is 0 Å². The van der Waals surface area contributed by atoms with Gasteiger partial charge in [0, 0.05) is 0 Å². The zero-order chi connectivity index (χ0) is 2.71. The molecule has 56 valence electrons. The summed E-state index contributed by atoms with van der Waals surface area (Å²) in [4.78, 5) is 0. The Morgan fingerprint density at radius 2 is 0.889 bits per heavy atom. The van der Waals surface area contributed by atoms with Gasteiger partial charge in [-0.15, -0.1) is 0 Å². The first kappa shape index (κ1) is 112. The Kier molecular flexibility index (Phi) is 2730. The Morgan fingerprint density at radius 1 is 0.889 bits per heavy atom. The van der Waals surface area contributed by atoms with Gasteiger partial charge >= 0.3 is 46.6 Å². The van der Waals surface area contributed by atoms with Crippen molar-refractivity contribution in [1.82, 2.24) is 0 Å². The maximum absolute atomic E-state index is 8.25. The van der Waals surface area contributed by atoms with Crippen LogP contribution in [0, 0.1) is 0 Å². The maximum Gasteiger partial charge on any atom is 1.00 e. The molecule has 7 nitrogen and oxygen atoms in total. The van der Waals surface area contributed by atoms with Crippen molar-refractivity contribution in [2.45, 2.75) is 0 Å². The summed E-state index contributed by atoms with van der Waals surface area (Å²) >= 11 is 0. The second-order valence-electron chi connectivity index (χ2n) is 0.0962. The van der Waals surface area contributed by atoms with Gasteiger partial charge in [-0.1, -0.05) is 0 Å². The maximum atomic E-state index is 8.25. The molecule has 0 amide bonds. The summed E-state index contributed by atoms with van der Waals surface area (Å²) in [7, 11) is -0.500. The van der Waals surface area contributed by atoms with Crippen LogP contribution in [0.4, 0.5) is 0 Å².